The summed E-state index contributed by atoms with van der Waals surface area (Å²) >= 11 is 3.40. The molecule has 0 saturated carbocycles. The summed E-state index contributed by atoms with van der Waals surface area (Å²) < 4.78 is 2.72. The molecule has 140 valence electrons. The number of hydrogen-bond acceptors (Lipinski definition) is 3. The lowest BCUT2D eigenvalue weighted by Crippen LogP contribution is -2.49. The molecule has 1 amide bonds. The number of nitrogens with zero attached hydrogens (tertiary/aromatic N) is 4. The van der Waals surface area contributed by atoms with E-state index >= 15 is 0 Å². The Hall–Kier alpha value is -1.66. The van der Waals surface area contributed by atoms with Crippen molar-refractivity contribution in [3.63, 3.8) is 0 Å². The summed E-state index contributed by atoms with van der Waals surface area (Å²) in [6.45, 7) is 11.5. The summed E-state index contributed by atoms with van der Waals surface area (Å²) in [4.78, 5) is 17.2. The average Bonchev–Trinajstić information content (AvgIpc) is 3.06. The molecule has 1 aliphatic rings. The third-order valence-electron chi connectivity index (χ3n) is 4.77. The zero-order valence-corrected chi connectivity index (χ0v) is 17.4. The highest BCUT2D eigenvalue weighted by Gasteiger charge is 2.23. The maximum absolute atomic E-state index is 12.8. The predicted octanol–water partition coefficient (Wildman–Crippen LogP) is 3.83. The smallest absolute Gasteiger partial charge is 0.253 e. The topological polar surface area (TPSA) is 41.4 Å². The number of carbonyl (C=O) groups excluding carboxylic acids is 1. The van der Waals surface area contributed by atoms with Crippen LogP contribution in [0.25, 0.3) is 5.69 Å². The Labute approximate surface area is 164 Å². The maximum Gasteiger partial charge on any atom is 0.253 e. The molecular formula is C20H27BrN4O. The van der Waals surface area contributed by atoms with E-state index < -0.39 is 0 Å². The van der Waals surface area contributed by atoms with Gasteiger partial charge in [-0.25, -0.2) is 4.68 Å². The van der Waals surface area contributed by atoms with Crippen molar-refractivity contribution in [3.8, 4) is 5.69 Å². The van der Waals surface area contributed by atoms with E-state index in [4.69, 9.17) is 0 Å². The number of piperazine rings is 1. The lowest BCUT2D eigenvalue weighted by atomic mass is 9.92. The highest BCUT2D eigenvalue weighted by atomic mass is 79.9. The fraction of sp³-hybridized carbons (Fsp3) is 0.500. The van der Waals surface area contributed by atoms with Crippen LogP contribution in [0.15, 0.2) is 41.1 Å². The van der Waals surface area contributed by atoms with Crippen LogP contribution in [-0.4, -0.2) is 58.2 Å². The van der Waals surface area contributed by atoms with E-state index in [0.717, 1.165) is 48.4 Å². The van der Waals surface area contributed by atoms with Gasteiger partial charge in [0.25, 0.3) is 5.91 Å². The van der Waals surface area contributed by atoms with Crippen molar-refractivity contribution >= 4 is 21.8 Å². The fourth-order valence-corrected chi connectivity index (χ4v) is 3.33. The van der Waals surface area contributed by atoms with Gasteiger partial charge in [0.15, 0.2) is 0 Å². The van der Waals surface area contributed by atoms with Crippen molar-refractivity contribution in [2.45, 2.75) is 27.2 Å². The van der Waals surface area contributed by atoms with Crippen molar-refractivity contribution in [2.24, 2.45) is 5.41 Å². The standard InChI is InChI=1S/C20H27BrN4O/c1-20(2,3)8-9-23-10-12-24(13-11-23)19(26)16-4-6-18(7-5-16)25-15-17(21)14-22-25/h4-7,14-15H,8-13H2,1-3H3. The quantitative estimate of drug-likeness (QED) is 0.757. The number of amides is 1. The number of halogens is 1. The van der Waals surface area contributed by atoms with Gasteiger partial charge in [0.1, 0.15) is 0 Å². The molecule has 0 spiro atoms. The SMILES string of the molecule is CC(C)(C)CCN1CCN(C(=O)c2ccc(-n3cc(Br)cn3)cc2)CC1. The second kappa shape index (κ2) is 7.92. The second-order valence-electron chi connectivity index (χ2n) is 8.09. The first-order chi connectivity index (χ1) is 12.3. The first-order valence-corrected chi connectivity index (χ1v) is 9.93. The Morgan fingerprint density at radius 1 is 1.12 bits per heavy atom. The Bertz CT molecular complexity index is 740. The third kappa shape index (κ3) is 4.95. The highest BCUT2D eigenvalue weighted by molar-refractivity contribution is 9.10. The molecule has 6 heteroatoms. The molecule has 1 saturated heterocycles. The molecule has 0 atom stereocenters. The van der Waals surface area contributed by atoms with Crippen LogP contribution in [0.2, 0.25) is 0 Å². The first-order valence-electron chi connectivity index (χ1n) is 9.14. The molecular weight excluding hydrogens is 392 g/mol. The highest BCUT2D eigenvalue weighted by Crippen LogP contribution is 2.20. The van der Waals surface area contributed by atoms with E-state index in [0.29, 0.717) is 5.41 Å². The zero-order chi connectivity index (χ0) is 18.7. The predicted molar refractivity (Wildman–Crippen MR) is 108 cm³/mol. The molecule has 0 radical (unpaired) electrons. The summed E-state index contributed by atoms with van der Waals surface area (Å²) in [5.74, 6) is 0.119. The Morgan fingerprint density at radius 2 is 1.77 bits per heavy atom. The van der Waals surface area contributed by atoms with Crippen LogP contribution in [0.3, 0.4) is 0 Å². The largest absolute Gasteiger partial charge is 0.336 e. The van der Waals surface area contributed by atoms with Gasteiger partial charge in [-0.15, -0.1) is 0 Å². The Morgan fingerprint density at radius 3 is 2.31 bits per heavy atom. The van der Waals surface area contributed by atoms with Gasteiger partial charge in [-0.2, -0.15) is 5.10 Å². The van der Waals surface area contributed by atoms with Crippen LogP contribution in [0.5, 0.6) is 0 Å². The van der Waals surface area contributed by atoms with Gasteiger partial charge in [-0.1, -0.05) is 20.8 Å². The van der Waals surface area contributed by atoms with E-state index in [9.17, 15) is 4.79 Å². The first kappa shape index (κ1) is 19.1. The Balaban J connectivity index is 1.55. The summed E-state index contributed by atoms with van der Waals surface area (Å²) in [5.41, 5.74) is 2.04. The lowest BCUT2D eigenvalue weighted by Gasteiger charge is -2.36. The molecule has 0 aliphatic carbocycles. The summed E-state index contributed by atoms with van der Waals surface area (Å²) in [6.07, 6.45) is 4.83. The molecule has 2 aromatic rings. The van der Waals surface area contributed by atoms with Crippen molar-refractivity contribution in [1.29, 1.82) is 0 Å². The van der Waals surface area contributed by atoms with Crippen LogP contribution in [0.4, 0.5) is 0 Å². The normalized spacial score (nSPS) is 16.1. The number of benzene rings is 1. The monoisotopic (exact) mass is 418 g/mol. The van der Waals surface area contributed by atoms with Gasteiger partial charge >= 0.3 is 0 Å². The summed E-state index contributed by atoms with van der Waals surface area (Å²) in [5, 5.41) is 4.26. The molecule has 0 N–H and O–H groups in total. The number of carbonyl (C=O) groups is 1. The molecule has 1 aliphatic heterocycles. The zero-order valence-electron chi connectivity index (χ0n) is 15.8. The van der Waals surface area contributed by atoms with Crippen LogP contribution in [0, 0.1) is 5.41 Å². The van der Waals surface area contributed by atoms with E-state index in [2.05, 4.69) is 46.7 Å². The van der Waals surface area contributed by atoms with Gasteiger partial charge in [-0.3, -0.25) is 9.69 Å². The van der Waals surface area contributed by atoms with E-state index in [1.807, 2.05) is 35.4 Å². The third-order valence-corrected chi connectivity index (χ3v) is 5.18. The van der Waals surface area contributed by atoms with Crippen LogP contribution in [0.1, 0.15) is 37.6 Å². The summed E-state index contributed by atoms with van der Waals surface area (Å²) in [6, 6.07) is 7.65. The van der Waals surface area contributed by atoms with Gasteiger partial charge in [0, 0.05) is 37.9 Å². The molecule has 5 nitrogen and oxygen atoms in total. The molecule has 1 aromatic heterocycles. The van der Waals surface area contributed by atoms with Gasteiger partial charge in [-0.05, 0) is 58.6 Å². The van der Waals surface area contributed by atoms with Crippen LogP contribution < -0.4 is 0 Å². The molecule has 1 aromatic carbocycles. The minimum atomic E-state index is 0.119. The molecule has 3 rings (SSSR count). The number of rotatable bonds is 4. The maximum atomic E-state index is 12.8. The van der Waals surface area contributed by atoms with E-state index in [1.165, 1.54) is 6.42 Å². The average molecular weight is 419 g/mol. The van der Waals surface area contributed by atoms with Crippen LogP contribution in [-0.2, 0) is 0 Å². The van der Waals surface area contributed by atoms with Crippen molar-refractivity contribution in [3.05, 3.63) is 46.7 Å². The molecule has 26 heavy (non-hydrogen) atoms. The molecule has 1 fully saturated rings. The second-order valence-corrected chi connectivity index (χ2v) is 9.01. The lowest BCUT2D eigenvalue weighted by molar-refractivity contribution is 0.0623. The van der Waals surface area contributed by atoms with Gasteiger partial charge in [0.05, 0.1) is 16.4 Å². The fourth-order valence-electron chi connectivity index (χ4n) is 3.05. The van der Waals surface area contributed by atoms with Gasteiger partial charge in [0.2, 0.25) is 0 Å². The van der Waals surface area contributed by atoms with Crippen molar-refractivity contribution < 1.29 is 4.79 Å². The molecule has 2 heterocycles. The molecule has 0 bridgehead atoms. The summed E-state index contributed by atoms with van der Waals surface area (Å²) in [7, 11) is 0. The van der Waals surface area contributed by atoms with Crippen LogP contribution >= 0.6 is 15.9 Å². The van der Waals surface area contributed by atoms with Gasteiger partial charge < -0.3 is 4.90 Å². The number of aromatic nitrogens is 2. The van der Waals surface area contributed by atoms with E-state index in [1.54, 1.807) is 10.9 Å². The minimum Gasteiger partial charge on any atom is -0.336 e. The Kier molecular flexibility index (Phi) is 5.82. The molecule has 0 unspecified atom stereocenters. The number of hydrogen-bond donors (Lipinski definition) is 0. The van der Waals surface area contributed by atoms with Crippen molar-refractivity contribution in [2.75, 3.05) is 32.7 Å². The minimum absolute atomic E-state index is 0.119. The van der Waals surface area contributed by atoms with Crippen molar-refractivity contribution in [1.82, 2.24) is 19.6 Å². The van der Waals surface area contributed by atoms with E-state index in [-0.39, 0.29) is 5.91 Å².